The number of sulfone groups is 1. The molecule has 1 fully saturated rings. The quantitative estimate of drug-likeness (QED) is 0.748. The number of thioether (sulfide) groups is 1. The SMILES string of the molecule is Cc1ccc(NC(=O)[C@H](C)OC(=O)CS[C@H]2CCS(=O)(=O)C2)cc1F. The van der Waals surface area contributed by atoms with Crippen LogP contribution in [0.3, 0.4) is 0 Å². The first-order valence-corrected chi connectivity index (χ1v) is 10.6. The summed E-state index contributed by atoms with van der Waals surface area (Å²) in [7, 11) is -2.99. The molecule has 138 valence electrons. The van der Waals surface area contributed by atoms with Crippen molar-refractivity contribution in [1.82, 2.24) is 0 Å². The normalized spacial score (nSPS) is 20.0. The minimum absolute atomic E-state index is 0.0169. The third-order valence-corrected chi connectivity index (χ3v) is 7.00. The lowest BCUT2D eigenvalue weighted by molar-refractivity contribution is -0.150. The minimum Gasteiger partial charge on any atom is -0.452 e. The van der Waals surface area contributed by atoms with Crippen molar-refractivity contribution in [3.8, 4) is 0 Å². The fourth-order valence-corrected chi connectivity index (χ4v) is 5.70. The average Bonchev–Trinajstić information content (AvgIpc) is 2.88. The van der Waals surface area contributed by atoms with Crippen molar-refractivity contribution in [1.29, 1.82) is 0 Å². The predicted octanol–water partition coefficient (Wildman–Crippen LogP) is 1.92. The zero-order valence-electron chi connectivity index (χ0n) is 14.0. The molecule has 0 aromatic heterocycles. The van der Waals surface area contributed by atoms with Gasteiger partial charge in [-0.2, -0.15) is 0 Å². The number of aryl methyl sites for hydroxylation is 1. The van der Waals surface area contributed by atoms with Crippen molar-refractivity contribution in [2.75, 3.05) is 22.6 Å². The number of ether oxygens (including phenoxy) is 1. The summed E-state index contributed by atoms with van der Waals surface area (Å²) in [5.74, 6) is -1.40. The molecule has 1 saturated heterocycles. The molecule has 0 aliphatic carbocycles. The first kappa shape index (κ1) is 19.7. The molecular weight excluding hydrogens is 369 g/mol. The lowest BCUT2D eigenvalue weighted by Crippen LogP contribution is -2.30. The van der Waals surface area contributed by atoms with Crippen LogP contribution in [0.2, 0.25) is 0 Å². The molecule has 1 aliphatic heterocycles. The molecule has 1 amide bonds. The van der Waals surface area contributed by atoms with E-state index in [1.165, 1.54) is 30.8 Å². The maximum atomic E-state index is 13.5. The predicted molar refractivity (Wildman–Crippen MR) is 94.8 cm³/mol. The molecule has 1 heterocycles. The number of halogens is 1. The topological polar surface area (TPSA) is 89.5 Å². The van der Waals surface area contributed by atoms with Gasteiger partial charge in [-0.1, -0.05) is 6.07 Å². The van der Waals surface area contributed by atoms with Crippen LogP contribution in [0.4, 0.5) is 10.1 Å². The van der Waals surface area contributed by atoms with Crippen LogP contribution in [-0.4, -0.2) is 48.9 Å². The Balaban J connectivity index is 1.78. The molecule has 0 bridgehead atoms. The first-order valence-electron chi connectivity index (χ1n) is 7.75. The Hall–Kier alpha value is -1.61. The number of amides is 1. The van der Waals surface area contributed by atoms with E-state index in [2.05, 4.69) is 5.32 Å². The van der Waals surface area contributed by atoms with Crippen molar-refractivity contribution in [3.05, 3.63) is 29.6 Å². The number of hydrogen-bond donors (Lipinski definition) is 1. The van der Waals surface area contributed by atoms with Gasteiger partial charge >= 0.3 is 5.97 Å². The van der Waals surface area contributed by atoms with Crippen LogP contribution >= 0.6 is 11.8 Å². The van der Waals surface area contributed by atoms with Gasteiger partial charge in [-0.15, -0.1) is 11.8 Å². The number of hydrogen-bond acceptors (Lipinski definition) is 6. The smallest absolute Gasteiger partial charge is 0.316 e. The Morgan fingerprint density at radius 1 is 1.44 bits per heavy atom. The lowest BCUT2D eigenvalue weighted by Gasteiger charge is -2.14. The van der Waals surface area contributed by atoms with Crippen LogP contribution < -0.4 is 5.32 Å². The summed E-state index contributed by atoms with van der Waals surface area (Å²) in [5.41, 5.74) is 0.741. The van der Waals surface area contributed by atoms with E-state index in [1.54, 1.807) is 13.0 Å². The average molecular weight is 389 g/mol. The van der Waals surface area contributed by atoms with Gasteiger partial charge in [0, 0.05) is 10.9 Å². The fraction of sp³-hybridized carbons (Fsp3) is 0.500. The Bertz CT molecular complexity index is 766. The van der Waals surface area contributed by atoms with E-state index < -0.39 is 33.6 Å². The Morgan fingerprint density at radius 2 is 2.16 bits per heavy atom. The first-order chi connectivity index (χ1) is 11.7. The molecule has 0 spiro atoms. The Kier molecular flexibility index (Phi) is 6.45. The van der Waals surface area contributed by atoms with E-state index in [0.717, 1.165) is 0 Å². The zero-order valence-corrected chi connectivity index (χ0v) is 15.6. The molecule has 0 radical (unpaired) electrons. The molecule has 0 unspecified atom stereocenters. The van der Waals surface area contributed by atoms with Gasteiger partial charge in [0.2, 0.25) is 0 Å². The number of carbonyl (C=O) groups excluding carboxylic acids is 2. The van der Waals surface area contributed by atoms with Gasteiger partial charge in [0.25, 0.3) is 5.91 Å². The van der Waals surface area contributed by atoms with Crippen molar-refractivity contribution in [2.24, 2.45) is 0 Å². The molecule has 1 N–H and O–H groups in total. The van der Waals surface area contributed by atoms with Crippen LogP contribution in [0, 0.1) is 12.7 Å². The van der Waals surface area contributed by atoms with Gasteiger partial charge < -0.3 is 10.1 Å². The summed E-state index contributed by atoms with van der Waals surface area (Å²) >= 11 is 1.22. The molecule has 0 saturated carbocycles. The van der Waals surface area contributed by atoms with Crippen LogP contribution in [0.5, 0.6) is 0 Å². The number of anilines is 1. The van der Waals surface area contributed by atoms with E-state index in [1.807, 2.05) is 0 Å². The second-order valence-corrected chi connectivity index (χ2v) is 9.44. The summed E-state index contributed by atoms with van der Waals surface area (Å²) in [6.45, 7) is 3.03. The molecule has 6 nitrogen and oxygen atoms in total. The number of rotatable bonds is 6. The standard InChI is InChI=1S/C16H20FNO5S2/c1-10-3-4-12(7-14(10)17)18-16(20)11(2)23-15(19)8-24-13-5-6-25(21,22)9-13/h3-4,7,11,13H,5-6,8-9H2,1-2H3,(H,18,20)/t11-,13-/m0/s1. The highest BCUT2D eigenvalue weighted by molar-refractivity contribution is 8.02. The Labute approximate surface area is 150 Å². The van der Waals surface area contributed by atoms with E-state index >= 15 is 0 Å². The molecular formula is C16H20FNO5S2. The van der Waals surface area contributed by atoms with Gasteiger partial charge in [0.1, 0.15) is 5.82 Å². The summed E-state index contributed by atoms with van der Waals surface area (Å²) in [5, 5.41) is 2.37. The van der Waals surface area contributed by atoms with Crippen LogP contribution in [0.1, 0.15) is 18.9 Å². The number of nitrogens with one attached hydrogen (secondary N) is 1. The highest BCUT2D eigenvalue weighted by Crippen LogP contribution is 2.24. The summed E-state index contributed by atoms with van der Waals surface area (Å²) in [4.78, 5) is 23.8. The summed E-state index contributed by atoms with van der Waals surface area (Å²) in [6, 6.07) is 4.29. The second kappa shape index (κ2) is 8.18. The van der Waals surface area contributed by atoms with Crippen molar-refractivity contribution >= 4 is 39.2 Å². The van der Waals surface area contributed by atoms with Gasteiger partial charge in [-0.3, -0.25) is 9.59 Å². The third-order valence-electron chi connectivity index (χ3n) is 3.74. The number of benzene rings is 1. The maximum Gasteiger partial charge on any atom is 0.316 e. The second-order valence-electron chi connectivity index (χ2n) is 5.92. The van der Waals surface area contributed by atoms with E-state index in [4.69, 9.17) is 4.74 Å². The van der Waals surface area contributed by atoms with Crippen LogP contribution in [-0.2, 0) is 24.2 Å². The molecule has 2 rings (SSSR count). The van der Waals surface area contributed by atoms with E-state index in [-0.39, 0.29) is 28.2 Å². The van der Waals surface area contributed by atoms with Crippen molar-refractivity contribution < 1.29 is 27.1 Å². The van der Waals surface area contributed by atoms with Crippen LogP contribution in [0.25, 0.3) is 0 Å². The molecule has 9 heteroatoms. The third kappa shape index (κ3) is 6.00. The summed E-state index contributed by atoms with van der Waals surface area (Å²) < 4.78 is 41.2. The molecule has 1 aromatic rings. The minimum atomic E-state index is -2.99. The van der Waals surface area contributed by atoms with Crippen LogP contribution in [0.15, 0.2) is 18.2 Å². The van der Waals surface area contributed by atoms with E-state index in [0.29, 0.717) is 12.0 Å². The highest BCUT2D eigenvalue weighted by Gasteiger charge is 2.29. The largest absolute Gasteiger partial charge is 0.452 e. The molecule has 1 aromatic carbocycles. The van der Waals surface area contributed by atoms with Crippen molar-refractivity contribution in [2.45, 2.75) is 31.6 Å². The van der Waals surface area contributed by atoms with Gasteiger partial charge in [0.05, 0.1) is 17.3 Å². The monoisotopic (exact) mass is 389 g/mol. The van der Waals surface area contributed by atoms with Gasteiger partial charge in [0.15, 0.2) is 15.9 Å². The molecule has 2 atom stereocenters. The highest BCUT2D eigenvalue weighted by atomic mass is 32.2. The molecule has 25 heavy (non-hydrogen) atoms. The Morgan fingerprint density at radius 3 is 2.76 bits per heavy atom. The zero-order chi connectivity index (χ0) is 18.6. The van der Waals surface area contributed by atoms with E-state index in [9.17, 15) is 22.4 Å². The van der Waals surface area contributed by atoms with Gasteiger partial charge in [-0.25, -0.2) is 12.8 Å². The molecule has 1 aliphatic rings. The lowest BCUT2D eigenvalue weighted by atomic mass is 10.2. The van der Waals surface area contributed by atoms with Crippen molar-refractivity contribution in [3.63, 3.8) is 0 Å². The summed E-state index contributed by atoms with van der Waals surface area (Å²) in [6.07, 6.45) is -0.514. The fourth-order valence-electron chi connectivity index (χ4n) is 2.28. The number of carbonyl (C=O) groups is 2. The number of esters is 1. The maximum absolute atomic E-state index is 13.5. The van der Waals surface area contributed by atoms with Gasteiger partial charge in [-0.05, 0) is 38.0 Å².